The molecule has 0 aromatic carbocycles. The van der Waals surface area contributed by atoms with Crippen LogP contribution >= 0.6 is 34.8 Å². The quantitative estimate of drug-likeness (QED) is 0.644. The lowest BCUT2D eigenvalue weighted by Gasteiger charge is -2.03. The molecular weight excluding hydrogens is 204 g/mol. The molecule has 0 aliphatic carbocycles. The van der Waals surface area contributed by atoms with Gasteiger partial charge in [-0.2, -0.15) is 0 Å². The van der Waals surface area contributed by atoms with Gasteiger partial charge >= 0.3 is 0 Å². The van der Waals surface area contributed by atoms with Crippen molar-refractivity contribution < 1.29 is 0 Å². The van der Waals surface area contributed by atoms with Gasteiger partial charge in [-0.1, -0.05) is 23.2 Å². The third kappa shape index (κ3) is 2.22. The van der Waals surface area contributed by atoms with E-state index in [2.05, 4.69) is 4.98 Å². The summed E-state index contributed by atoms with van der Waals surface area (Å²) in [5.41, 5.74) is 0.665. The van der Waals surface area contributed by atoms with Gasteiger partial charge in [0.25, 0.3) is 0 Å². The summed E-state index contributed by atoms with van der Waals surface area (Å²) in [6.45, 7) is 1.81. The third-order valence-electron chi connectivity index (χ3n) is 1.21. The highest BCUT2D eigenvalue weighted by molar-refractivity contribution is 6.35. The number of hydrogen-bond acceptors (Lipinski definition) is 1. The molecule has 60 valence electrons. The van der Waals surface area contributed by atoms with Crippen molar-refractivity contribution in [3.63, 3.8) is 0 Å². The van der Waals surface area contributed by atoms with E-state index >= 15 is 0 Å². The summed E-state index contributed by atoms with van der Waals surface area (Å²) >= 11 is 17.2. The molecule has 0 saturated heterocycles. The maximum Gasteiger partial charge on any atom is 0.0766 e. The normalized spacial score (nSPS) is 13.1. The van der Waals surface area contributed by atoms with Gasteiger partial charge in [-0.3, -0.25) is 4.98 Å². The monoisotopic (exact) mass is 209 g/mol. The van der Waals surface area contributed by atoms with E-state index < -0.39 is 0 Å². The standard InChI is InChI=1S/C7H6Cl3N/c1-4(8)7-6(10)2-5(9)3-11-7/h2-4H,1H3. The minimum Gasteiger partial charge on any atom is -0.257 e. The third-order valence-corrected chi connectivity index (χ3v) is 1.93. The maximum absolute atomic E-state index is 5.79. The van der Waals surface area contributed by atoms with Crippen molar-refractivity contribution in [2.45, 2.75) is 12.3 Å². The molecular formula is C7H6Cl3N. The maximum atomic E-state index is 5.79. The molecule has 0 aliphatic heterocycles. The predicted molar refractivity (Wildman–Crippen MR) is 48.5 cm³/mol. The second-order valence-corrected chi connectivity index (χ2v) is 3.63. The second-order valence-electron chi connectivity index (χ2n) is 2.14. The molecule has 0 bridgehead atoms. The fourth-order valence-corrected chi connectivity index (χ4v) is 1.49. The molecule has 0 N–H and O–H groups in total. The van der Waals surface area contributed by atoms with Gasteiger partial charge in [0.2, 0.25) is 0 Å². The van der Waals surface area contributed by atoms with Crippen molar-refractivity contribution in [3.05, 3.63) is 28.0 Å². The van der Waals surface area contributed by atoms with Crippen LogP contribution in [0.3, 0.4) is 0 Å². The summed E-state index contributed by atoms with van der Waals surface area (Å²) in [7, 11) is 0. The summed E-state index contributed by atoms with van der Waals surface area (Å²) in [6, 6.07) is 1.63. The molecule has 11 heavy (non-hydrogen) atoms. The van der Waals surface area contributed by atoms with Crippen LogP contribution < -0.4 is 0 Å². The number of halogens is 3. The zero-order valence-electron chi connectivity index (χ0n) is 5.81. The highest BCUT2D eigenvalue weighted by Gasteiger charge is 2.07. The molecule has 0 saturated carbocycles. The molecule has 1 unspecified atom stereocenters. The average molecular weight is 210 g/mol. The van der Waals surface area contributed by atoms with Gasteiger partial charge in [-0.25, -0.2) is 0 Å². The zero-order chi connectivity index (χ0) is 8.43. The number of pyridine rings is 1. The summed E-state index contributed by atoms with van der Waals surface area (Å²) < 4.78 is 0. The molecule has 1 heterocycles. The fourth-order valence-electron chi connectivity index (χ4n) is 0.718. The van der Waals surface area contributed by atoms with Crippen molar-refractivity contribution >= 4 is 34.8 Å². The Morgan fingerprint density at radius 3 is 2.55 bits per heavy atom. The molecule has 1 nitrogen and oxygen atoms in total. The van der Waals surface area contributed by atoms with Gasteiger partial charge in [-0.15, -0.1) is 11.6 Å². The first-order valence-electron chi connectivity index (χ1n) is 3.06. The Bertz CT molecular complexity index is 260. The SMILES string of the molecule is CC(Cl)c1ncc(Cl)cc1Cl. The predicted octanol–water partition coefficient (Wildman–Crippen LogP) is 3.69. The van der Waals surface area contributed by atoms with E-state index in [1.54, 1.807) is 6.07 Å². The Labute approximate surface area is 80.3 Å². The smallest absolute Gasteiger partial charge is 0.0766 e. The van der Waals surface area contributed by atoms with E-state index in [-0.39, 0.29) is 5.38 Å². The summed E-state index contributed by atoms with van der Waals surface area (Å²) in [5.74, 6) is 0. The number of rotatable bonds is 1. The van der Waals surface area contributed by atoms with E-state index in [4.69, 9.17) is 34.8 Å². The van der Waals surface area contributed by atoms with Crippen LogP contribution in [0.5, 0.6) is 0 Å². The molecule has 0 spiro atoms. The van der Waals surface area contributed by atoms with Crippen molar-refractivity contribution in [3.8, 4) is 0 Å². The van der Waals surface area contributed by atoms with Crippen LogP contribution in [-0.2, 0) is 0 Å². The summed E-state index contributed by atoms with van der Waals surface area (Å²) in [4.78, 5) is 3.98. The topological polar surface area (TPSA) is 12.9 Å². The fraction of sp³-hybridized carbons (Fsp3) is 0.286. The van der Waals surface area contributed by atoms with Gasteiger partial charge in [0.15, 0.2) is 0 Å². The number of aromatic nitrogens is 1. The van der Waals surface area contributed by atoms with Gasteiger partial charge in [0, 0.05) is 6.20 Å². The lowest BCUT2D eigenvalue weighted by Crippen LogP contribution is -1.90. The molecule has 1 rings (SSSR count). The van der Waals surface area contributed by atoms with Gasteiger partial charge in [0.05, 0.1) is 21.1 Å². The van der Waals surface area contributed by atoms with E-state index in [9.17, 15) is 0 Å². The van der Waals surface area contributed by atoms with Crippen molar-refractivity contribution in [2.75, 3.05) is 0 Å². The van der Waals surface area contributed by atoms with Gasteiger partial charge in [0.1, 0.15) is 0 Å². The molecule has 1 aromatic heterocycles. The number of hydrogen-bond donors (Lipinski definition) is 0. The van der Waals surface area contributed by atoms with Crippen LogP contribution in [0, 0.1) is 0 Å². The second kappa shape index (κ2) is 3.61. The van der Waals surface area contributed by atoms with Gasteiger partial charge < -0.3 is 0 Å². The Hall–Kier alpha value is 0.0200. The van der Waals surface area contributed by atoms with Crippen LogP contribution in [0.4, 0.5) is 0 Å². The molecule has 1 aromatic rings. The van der Waals surface area contributed by atoms with Crippen LogP contribution in [0.2, 0.25) is 10.0 Å². The van der Waals surface area contributed by atoms with E-state index in [0.29, 0.717) is 15.7 Å². The largest absolute Gasteiger partial charge is 0.257 e. The highest BCUT2D eigenvalue weighted by atomic mass is 35.5. The Balaban J connectivity index is 3.09. The average Bonchev–Trinajstić information content (AvgIpc) is 1.85. The van der Waals surface area contributed by atoms with Crippen LogP contribution in [0.1, 0.15) is 18.0 Å². The van der Waals surface area contributed by atoms with Crippen LogP contribution in [0.25, 0.3) is 0 Å². The van der Waals surface area contributed by atoms with E-state index in [0.717, 1.165) is 0 Å². The molecule has 0 radical (unpaired) electrons. The molecule has 1 atom stereocenters. The first-order chi connectivity index (χ1) is 5.11. The van der Waals surface area contributed by atoms with Crippen molar-refractivity contribution in [2.24, 2.45) is 0 Å². The van der Waals surface area contributed by atoms with E-state index in [1.165, 1.54) is 6.20 Å². The van der Waals surface area contributed by atoms with Crippen molar-refractivity contribution in [1.82, 2.24) is 4.98 Å². The minimum atomic E-state index is -0.181. The Morgan fingerprint density at radius 2 is 2.09 bits per heavy atom. The van der Waals surface area contributed by atoms with Crippen LogP contribution in [0.15, 0.2) is 12.3 Å². The molecule has 0 fully saturated rings. The first kappa shape index (κ1) is 9.11. The zero-order valence-corrected chi connectivity index (χ0v) is 8.08. The Morgan fingerprint density at radius 1 is 1.45 bits per heavy atom. The number of nitrogens with zero attached hydrogens (tertiary/aromatic N) is 1. The van der Waals surface area contributed by atoms with Crippen molar-refractivity contribution in [1.29, 1.82) is 0 Å². The van der Waals surface area contributed by atoms with Gasteiger partial charge in [-0.05, 0) is 13.0 Å². The molecule has 0 amide bonds. The lowest BCUT2D eigenvalue weighted by atomic mass is 10.3. The summed E-state index contributed by atoms with van der Waals surface area (Å²) in [6.07, 6.45) is 1.53. The Kier molecular flexibility index (Phi) is 2.99. The summed E-state index contributed by atoms with van der Waals surface area (Å²) in [5, 5.41) is 0.857. The molecule has 4 heteroatoms. The van der Waals surface area contributed by atoms with Crippen LogP contribution in [-0.4, -0.2) is 4.98 Å². The first-order valence-corrected chi connectivity index (χ1v) is 4.25. The highest BCUT2D eigenvalue weighted by Crippen LogP contribution is 2.26. The van der Waals surface area contributed by atoms with E-state index in [1.807, 2.05) is 6.92 Å². The minimum absolute atomic E-state index is 0.181. The lowest BCUT2D eigenvalue weighted by molar-refractivity contribution is 0.996. The number of alkyl halides is 1. The molecule has 0 aliphatic rings.